The lowest BCUT2D eigenvalue weighted by Crippen LogP contribution is -2.22. The standard InChI is InChI=1S/C17H19NO3S/c1-12(22-16-7-5-4-6-8-16)17(19)18-13-9-14(20-2)11-15(10-13)21-3/h4-12H,1-3H3,(H,18,19)/t12-/m0/s1. The molecule has 2 aromatic rings. The average Bonchev–Trinajstić information content (AvgIpc) is 2.55. The fraction of sp³-hybridized carbons (Fsp3) is 0.235. The van der Waals surface area contributed by atoms with Gasteiger partial charge < -0.3 is 14.8 Å². The van der Waals surface area contributed by atoms with Crippen LogP contribution >= 0.6 is 11.8 Å². The molecule has 0 saturated carbocycles. The SMILES string of the molecule is COc1cc(NC(=O)[C@H](C)Sc2ccccc2)cc(OC)c1. The van der Waals surface area contributed by atoms with E-state index < -0.39 is 0 Å². The lowest BCUT2D eigenvalue weighted by molar-refractivity contribution is -0.115. The summed E-state index contributed by atoms with van der Waals surface area (Å²) in [4.78, 5) is 13.4. The molecule has 0 aliphatic carbocycles. The van der Waals surface area contributed by atoms with Crippen LogP contribution in [0.3, 0.4) is 0 Å². The number of anilines is 1. The number of rotatable bonds is 6. The molecule has 0 fully saturated rings. The quantitative estimate of drug-likeness (QED) is 0.823. The second-order valence-corrected chi connectivity index (χ2v) is 6.08. The maximum atomic E-state index is 12.3. The van der Waals surface area contributed by atoms with E-state index in [2.05, 4.69) is 5.32 Å². The van der Waals surface area contributed by atoms with Crippen molar-refractivity contribution in [1.29, 1.82) is 0 Å². The van der Waals surface area contributed by atoms with Crippen molar-refractivity contribution in [2.75, 3.05) is 19.5 Å². The second kappa shape index (κ2) is 7.75. The third-order valence-electron chi connectivity index (χ3n) is 3.04. The molecule has 0 aromatic heterocycles. The van der Waals surface area contributed by atoms with Crippen LogP contribution in [0.5, 0.6) is 11.5 Å². The Morgan fingerprint density at radius 2 is 1.64 bits per heavy atom. The van der Waals surface area contributed by atoms with Gasteiger partial charge in [0.05, 0.1) is 19.5 Å². The summed E-state index contributed by atoms with van der Waals surface area (Å²) >= 11 is 1.52. The van der Waals surface area contributed by atoms with Gasteiger partial charge in [0, 0.05) is 28.8 Å². The van der Waals surface area contributed by atoms with Crippen molar-refractivity contribution >= 4 is 23.4 Å². The van der Waals surface area contributed by atoms with Crippen molar-refractivity contribution in [2.45, 2.75) is 17.1 Å². The molecule has 0 spiro atoms. The van der Waals surface area contributed by atoms with Crippen molar-refractivity contribution in [3.63, 3.8) is 0 Å². The predicted molar refractivity (Wildman–Crippen MR) is 89.9 cm³/mol. The van der Waals surface area contributed by atoms with Crippen molar-refractivity contribution in [3.05, 3.63) is 48.5 Å². The number of carbonyl (C=O) groups is 1. The van der Waals surface area contributed by atoms with Gasteiger partial charge in [-0.3, -0.25) is 4.79 Å². The lowest BCUT2D eigenvalue weighted by Gasteiger charge is -2.13. The van der Waals surface area contributed by atoms with E-state index in [0.29, 0.717) is 17.2 Å². The van der Waals surface area contributed by atoms with E-state index in [1.807, 2.05) is 37.3 Å². The Hall–Kier alpha value is -2.14. The number of thioether (sulfide) groups is 1. The monoisotopic (exact) mass is 317 g/mol. The molecule has 0 unspecified atom stereocenters. The van der Waals surface area contributed by atoms with Gasteiger partial charge in [-0.25, -0.2) is 0 Å². The van der Waals surface area contributed by atoms with Gasteiger partial charge in [-0.2, -0.15) is 0 Å². The number of hydrogen-bond donors (Lipinski definition) is 1. The molecule has 4 nitrogen and oxygen atoms in total. The number of nitrogens with one attached hydrogen (secondary N) is 1. The zero-order valence-electron chi connectivity index (χ0n) is 12.8. The molecular formula is C17H19NO3S. The van der Waals surface area contributed by atoms with Crippen LogP contribution in [-0.4, -0.2) is 25.4 Å². The first-order valence-corrected chi connectivity index (χ1v) is 7.76. The molecule has 0 radical (unpaired) electrons. The Labute approximate surface area is 134 Å². The molecule has 22 heavy (non-hydrogen) atoms. The van der Waals surface area contributed by atoms with E-state index in [-0.39, 0.29) is 11.2 Å². The predicted octanol–water partition coefficient (Wildman–Crippen LogP) is 3.82. The Morgan fingerprint density at radius 3 is 2.18 bits per heavy atom. The average molecular weight is 317 g/mol. The van der Waals surface area contributed by atoms with Crippen molar-refractivity contribution in [3.8, 4) is 11.5 Å². The minimum Gasteiger partial charge on any atom is -0.497 e. The highest BCUT2D eigenvalue weighted by molar-refractivity contribution is 8.00. The normalized spacial score (nSPS) is 11.6. The van der Waals surface area contributed by atoms with Gasteiger partial charge in [-0.15, -0.1) is 11.8 Å². The van der Waals surface area contributed by atoms with Gasteiger partial charge in [-0.1, -0.05) is 18.2 Å². The molecule has 0 bridgehead atoms. The highest BCUT2D eigenvalue weighted by atomic mass is 32.2. The van der Waals surface area contributed by atoms with Crippen molar-refractivity contribution < 1.29 is 14.3 Å². The zero-order valence-corrected chi connectivity index (χ0v) is 13.6. The van der Waals surface area contributed by atoms with Gasteiger partial charge >= 0.3 is 0 Å². The first-order chi connectivity index (χ1) is 10.6. The van der Waals surface area contributed by atoms with Gasteiger partial charge in [0.1, 0.15) is 11.5 Å². The molecule has 116 valence electrons. The number of ether oxygens (including phenoxy) is 2. The van der Waals surface area contributed by atoms with E-state index >= 15 is 0 Å². The molecule has 2 rings (SSSR count). The minimum absolute atomic E-state index is 0.0656. The van der Waals surface area contributed by atoms with E-state index in [1.54, 1.807) is 32.4 Å². The Morgan fingerprint density at radius 1 is 1.05 bits per heavy atom. The van der Waals surface area contributed by atoms with Crippen LogP contribution in [0, 0.1) is 0 Å². The van der Waals surface area contributed by atoms with Crippen LogP contribution in [0.2, 0.25) is 0 Å². The topological polar surface area (TPSA) is 47.6 Å². The Kier molecular flexibility index (Phi) is 5.72. The summed E-state index contributed by atoms with van der Waals surface area (Å²) in [7, 11) is 3.16. The van der Waals surface area contributed by atoms with Crippen LogP contribution in [0.25, 0.3) is 0 Å². The van der Waals surface area contributed by atoms with Gasteiger partial charge in [-0.05, 0) is 19.1 Å². The van der Waals surface area contributed by atoms with E-state index in [1.165, 1.54) is 11.8 Å². The number of amides is 1. The maximum Gasteiger partial charge on any atom is 0.237 e. The van der Waals surface area contributed by atoms with Gasteiger partial charge in [0.2, 0.25) is 5.91 Å². The largest absolute Gasteiger partial charge is 0.497 e. The fourth-order valence-electron chi connectivity index (χ4n) is 1.88. The molecule has 0 aliphatic heterocycles. The van der Waals surface area contributed by atoms with Crippen molar-refractivity contribution in [1.82, 2.24) is 0 Å². The second-order valence-electron chi connectivity index (χ2n) is 4.66. The van der Waals surface area contributed by atoms with E-state index in [0.717, 1.165) is 4.90 Å². The summed E-state index contributed by atoms with van der Waals surface area (Å²) in [6.45, 7) is 1.88. The van der Waals surface area contributed by atoms with E-state index in [4.69, 9.17) is 9.47 Å². The number of carbonyl (C=O) groups excluding carboxylic acids is 1. The first kappa shape index (κ1) is 16.2. The Balaban J connectivity index is 2.04. The summed E-state index contributed by atoms with van der Waals surface area (Å²) in [6, 6.07) is 15.1. The maximum absolute atomic E-state index is 12.3. The number of methoxy groups -OCH3 is 2. The summed E-state index contributed by atoms with van der Waals surface area (Å²) in [5.41, 5.74) is 0.654. The molecule has 1 N–H and O–H groups in total. The molecule has 0 saturated heterocycles. The highest BCUT2D eigenvalue weighted by Gasteiger charge is 2.15. The third kappa shape index (κ3) is 4.43. The summed E-state index contributed by atoms with van der Waals surface area (Å²) < 4.78 is 10.4. The number of hydrogen-bond acceptors (Lipinski definition) is 4. The van der Waals surface area contributed by atoms with Crippen LogP contribution in [0.1, 0.15) is 6.92 Å². The summed E-state index contributed by atoms with van der Waals surface area (Å²) in [6.07, 6.45) is 0. The van der Waals surface area contributed by atoms with E-state index in [9.17, 15) is 4.79 Å². The van der Waals surface area contributed by atoms with Crippen molar-refractivity contribution in [2.24, 2.45) is 0 Å². The van der Waals surface area contributed by atoms with Gasteiger partial charge in [0.15, 0.2) is 0 Å². The fourth-order valence-corrected chi connectivity index (χ4v) is 2.77. The summed E-state index contributed by atoms with van der Waals surface area (Å²) in [5.74, 6) is 1.21. The number of benzene rings is 2. The van der Waals surface area contributed by atoms with Crippen LogP contribution in [0.15, 0.2) is 53.4 Å². The zero-order chi connectivity index (χ0) is 15.9. The Bertz CT molecular complexity index is 609. The molecule has 1 amide bonds. The summed E-state index contributed by atoms with van der Waals surface area (Å²) in [5, 5.41) is 2.68. The van der Waals surface area contributed by atoms with Gasteiger partial charge in [0.25, 0.3) is 0 Å². The molecule has 2 aromatic carbocycles. The molecule has 1 atom stereocenters. The third-order valence-corrected chi connectivity index (χ3v) is 4.16. The minimum atomic E-state index is -0.209. The molecule has 0 heterocycles. The molecular weight excluding hydrogens is 298 g/mol. The molecule has 0 aliphatic rings. The lowest BCUT2D eigenvalue weighted by atomic mass is 10.2. The van der Waals surface area contributed by atoms with Crippen LogP contribution in [0.4, 0.5) is 5.69 Å². The smallest absolute Gasteiger partial charge is 0.237 e. The first-order valence-electron chi connectivity index (χ1n) is 6.88. The van der Waals surface area contributed by atoms with Crippen LogP contribution < -0.4 is 14.8 Å². The molecule has 5 heteroatoms. The highest BCUT2D eigenvalue weighted by Crippen LogP contribution is 2.27. The van der Waals surface area contributed by atoms with Crippen LogP contribution in [-0.2, 0) is 4.79 Å².